The molecule has 3 rings (SSSR count). The monoisotopic (exact) mass is 316 g/mol. The minimum atomic E-state index is 0.918. The van der Waals surface area contributed by atoms with Crippen LogP contribution >= 0.6 is 0 Å². The van der Waals surface area contributed by atoms with Gasteiger partial charge in [0.05, 0.1) is 12.1 Å². The number of benzene rings is 1. The van der Waals surface area contributed by atoms with Gasteiger partial charge in [-0.2, -0.15) is 0 Å². The van der Waals surface area contributed by atoms with Crippen molar-refractivity contribution in [3.63, 3.8) is 0 Å². The van der Waals surface area contributed by atoms with Gasteiger partial charge in [-0.1, -0.05) is 69.7 Å². The zero-order chi connectivity index (χ0) is 16.3. The van der Waals surface area contributed by atoms with Crippen LogP contribution in [0.15, 0.2) is 18.2 Å². The highest BCUT2D eigenvalue weighted by molar-refractivity contribution is 5.81. The number of hydrogen-bond acceptors (Lipinski definition) is 3. The molecule has 2 aromatic rings. The van der Waals surface area contributed by atoms with Gasteiger partial charge in [0.1, 0.15) is 5.52 Å². The van der Waals surface area contributed by atoms with Gasteiger partial charge in [0.15, 0.2) is 0 Å². The summed E-state index contributed by atoms with van der Waals surface area (Å²) in [5, 5.41) is 11.4. The lowest BCUT2D eigenvalue weighted by Gasteiger charge is -2.03. The second-order valence-corrected chi connectivity index (χ2v) is 6.40. The van der Waals surface area contributed by atoms with Crippen LogP contribution in [0.3, 0.4) is 0 Å². The summed E-state index contributed by atoms with van der Waals surface area (Å²) in [7, 11) is 0. The molecule has 1 aliphatic rings. The summed E-state index contributed by atoms with van der Waals surface area (Å²) in [5.41, 5.74) is 3.53. The number of unbranched alkanes of at least 4 members (excludes halogenated alkanes) is 6. The minimum Gasteiger partial charge on any atom is -0.317 e. The van der Waals surface area contributed by atoms with Crippen molar-refractivity contribution >= 4 is 11.0 Å². The van der Waals surface area contributed by atoms with Crippen molar-refractivity contribution in [1.82, 2.24) is 20.3 Å². The van der Waals surface area contributed by atoms with Gasteiger partial charge in [-0.15, -0.1) is 5.10 Å². The van der Waals surface area contributed by atoms with Crippen molar-refractivity contribution in [1.29, 1.82) is 0 Å². The molecule has 0 radical (unpaired) electrons. The second-order valence-electron chi connectivity index (χ2n) is 6.40. The Hall–Kier alpha value is -1.42. The molecule has 4 nitrogen and oxygen atoms in total. The summed E-state index contributed by atoms with van der Waals surface area (Å²) in [6, 6.07) is 6.19. The number of nitrogens with one attached hydrogen (secondary N) is 1. The molecule has 1 aliphatic heterocycles. The molecule has 23 heavy (non-hydrogen) atoms. The number of aromatic nitrogens is 3. The van der Waals surface area contributed by atoms with Crippen LogP contribution in [-0.2, 0) is 6.54 Å². The highest BCUT2D eigenvalue weighted by Gasteiger charge is 2.15. The van der Waals surface area contributed by atoms with Crippen molar-refractivity contribution < 1.29 is 0 Å². The van der Waals surface area contributed by atoms with Crippen LogP contribution in [0, 0.1) is 0 Å². The van der Waals surface area contributed by atoms with E-state index >= 15 is 0 Å². The summed E-state index contributed by atoms with van der Waals surface area (Å²) < 4.78 is 1.92. The third kappa shape index (κ3) is 5.61. The topological polar surface area (TPSA) is 42.7 Å². The van der Waals surface area contributed by atoms with Gasteiger partial charge >= 0.3 is 0 Å². The van der Waals surface area contributed by atoms with Gasteiger partial charge in [0.2, 0.25) is 0 Å². The van der Waals surface area contributed by atoms with Crippen molar-refractivity contribution in [2.24, 2.45) is 0 Å². The molecule has 1 aromatic carbocycles. The fourth-order valence-electron chi connectivity index (χ4n) is 2.93. The van der Waals surface area contributed by atoms with Crippen LogP contribution in [0.25, 0.3) is 11.0 Å². The van der Waals surface area contributed by atoms with Gasteiger partial charge in [0.25, 0.3) is 0 Å². The van der Waals surface area contributed by atoms with E-state index in [1.54, 1.807) is 0 Å². The Bertz CT molecular complexity index is 551. The molecule has 128 valence electrons. The Morgan fingerprint density at radius 1 is 0.957 bits per heavy atom. The van der Waals surface area contributed by atoms with Gasteiger partial charge in [-0.25, -0.2) is 4.68 Å². The molecule has 1 N–H and O–H groups in total. The molecule has 0 amide bonds. The van der Waals surface area contributed by atoms with E-state index < -0.39 is 0 Å². The number of hydrogen-bond donors (Lipinski definition) is 1. The summed E-state index contributed by atoms with van der Waals surface area (Å²) >= 11 is 0. The normalized spacial score (nSPS) is 11.9. The van der Waals surface area contributed by atoms with Crippen LogP contribution in [-0.4, -0.2) is 28.1 Å². The van der Waals surface area contributed by atoms with Gasteiger partial charge in [0, 0.05) is 5.56 Å². The van der Waals surface area contributed by atoms with Gasteiger partial charge in [-0.05, 0) is 32.0 Å². The summed E-state index contributed by atoms with van der Waals surface area (Å²) in [6.45, 7) is 7.90. The first-order valence-corrected chi connectivity index (χ1v) is 9.38. The summed E-state index contributed by atoms with van der Waals surface area (Å²) in [4.78, 5) is 0. The largest absolute Gasteiger partial charge is 0.317 e. The van der Waals surface area contributed by atoms with Crippen molar-refractivity contribution in [3.05, 3.63) is 23.8 Å². The van der Waals surface area contributed by atoms with Gasteiger partial charge in [-0.3, -0.25) is 0 Å². The van der Waals surface area contributed by atoms with Crippen LogP contribution in [0.1, 0.15) is 70.8 Å². The first-order chi connectivity index (χ1) is 11.4. The highest BCUT2D eigenvalue weighted by Crippen LogP contribution is 2.23. The summed E-state index contributed by atoms with van der Waals surface area (Å²) in [5.74, 6) is 0. The molecular weight excluding hydrogens is 284 g/mol. The van der Waals surface area contributed by atoms with Crippen molar-refractivity contribution in [2.45, 2.75) is 71.8 Å². The van der Waals surface area contributed by atoms with E-state index in [-0.39, 0.29) is 0 Å². The standard InChI is InChI=1S/C12H27N.C7H5N3/c1-3-5-7-9-11-13-12-10-8-6-4-2;1-2-5-4-10-6(3-1)7(5)8-9-10/h13H,3-12H2,1-2H3;1-3H,4H2. The molecule has 0 aliphatic carbocycles. The zero-order valence-corrected chi connectivity index (χ0v) is 14.9. The lowest BCUT2D eigenvalue weighted by molar-refractivity contribution is 0.564. The Labute approximate surface area is 140 Å². The Morgan fingerprint density at radius 3 is 2.22 bits per heavy atom. The molecular formula is C19H32N4. The SMILES string of the molecule is CCCCCCNCCCCCC.c1cc2c3nnn(c3c1)C2. The molecule has 0 saturated heterocycles. The molecule has 4 heteroatoms. The van der Waals surface area contributed by atoms with E-state index in [1.807, 2.05) is 16.8 Å². The average molecular weight is 316 g/mol. The Balaban J connectivity index is 0.000000170. The first kappa shape index (κ1) is 17.9. The third-order valence-electron chi connectivity index (χ3n) is 4.36. The number of nitrogens with zero attached hydrogens (tertiary/aromatic N) is 3. The van der Waals surface area contributed by atoms with Crippen LogP contribution in [0.4, 0.5) is 0 Å². The Kier molecular flexibility index (Phi) is 8.08. The van der Waals surface area contributed by atoms with Gasteiger partial charge < -0.3 is 5.32 Å². The smallest absolute Gasteiger partial charge is 0.118 e. The maximum Gasteiger partial charge on any atom is 0.118 e. The maximum absolute atomic E-state index is 4.00. The van der Waals surface area contributed by atoms with E-state index in [4.69, 9.17) is 0 Å². The van der Waals surface area contributed by atoms with E-state index in [2.05, 4.69) is 35.5 Å². The molecule has 0 unspecified atom stereocenters. The quantitative estimate of drug-likeness (QED) is 0.559. The van der Waals surface area contributed by atoms with E-state index in [1.165, 1.54) is 70.0 Å². The molecule has 0 atom stereocenters. The molecule has 1 aromatic heterocycles. The highest BCUT2D eigenvalue weighted by atomic mass is 15.4. The molecule has 2 heterocycles. The molecule has 0 fully saturated rings. The van der Waals surface area contributed by atoms with Crippen LogP contribution in [0.2, 0.25) is 0 Å². The maximum atomic E-state index is 4.00. The fraction of sp³-hybridized carbons (Fsp3) is 0.684. The predicted molar refractivity (Wildman–Crippen MR) is 97.8 cm³/mol. The fourth-order valence-corrected chi connectivity index (χ4v) is 2.93. The molecule has 4 bridgehead atoms. The van der Waals surface area contributed by atoms with E-state index in [9.17, 15) is 0 Å². The number of rotatable bonds is 10. The third-order valence-corrected chi connectivity index (χ3v) is 4.36. The molecule has 0 saturated carbocycles. The predicted octanol–water partition coefficient (Wildman–Crippen LogP) is 4.53. The first-order valence-electron chi connectivity index (χ1n) is 9.38. The van der Waals surface area contributed by atoms with Crippen molar-refractivity contribution in [3.8, 4) is 0 Å². The van der Waals surface area contributed by atoms with E-state index in [0.717, 1.165) is 17.6 Å². The minimum absolute atomic E-state index is 0.918. The lowest BCUT2D eigenvalue weighted by atomic mass is 10.2. The average Bonchev–Trinajstić information content (AvgIpc) is 3.06. The van der Waals surface area contributed by atoms with E-state index in [0.29, 0.717) is 0 Å². The van der Waals surface area contributed by atoms with Crippen LogP contribution < -0.4 is 5.32 Å². The molecule has 0 spiro atoms. The Morgan fingerprint density at radius 2 is 1.65 bits per heavy atom. The second kappa shape index (κ2) is 10.4. The van der Waals surface area contributed by atoms with Crippen molar-refractivity contribution in [2.75, 3.05) is 13.1 Å². The zero-order valence-electron chi connectivity index (χ0n) is 14.9. The summed E-state index contributed by atoms with van der Waals surface area (Å²) in [6.07, 6.45) is 11.0. The lowest BCUT2D eigenvalue weighted by Crippen LogP contribution is -2.16. The van der Waals surface area contributed by atoms with Crippen LogP contribution in [0.5, 0.6) is 0 Å².